The number of aromatic nitrogens is 3. The summed E-state index contributed by atoms with van der Waals surface area (Å²) in [6.07, 6.45) is -4.09. The molecular formula is C22H15F5N4O2. The Kier molecular flexibility index (Phi) is 5.48. The summed E-state index contributed by atoms with van der Waals surface area (Å²) < 4.78 is 76.2. The van der Waals surface area contributed by atoms with Gasteiger partial charge in [-0.25, -0.2) is 13.5 Å². The third-order valence-corrected chi connectivity index (χ3v) is 4.79. The van der Waals surface area contributed by atoms with Crippen LogP contribution in [0.5, 0.6) is 0 Å². The van der Waals surface area contributed by atoms with Gasteiger partial charge in [0.25, 0.3) is 0 Å². The number of carbonyl (C=O) groups is 1. The summed E-state index contributed by atoms with van der Waals surface area (Å²) in [5.74, 6) is -2.57. The summed E-state index contributed by atoms with van der Waals surface area (Å²) in [6, 6.07) is 8.63. The van der Waals surface area contributed by atoms with E-state index in [1.807, 2.05) is 0 Å². The molecule has 0 saturated carbocycles. The van der Waals surface area contributed by atoms with E-state index in [1.54, 1.807) is 13.0 Å². The number of nitrogens with zero attached hydrogens (tertiary/aromatic N) is 3. The molecule has 33 heavy (non-hydrogen) atoms. The molecule has 0 atom stereocenters. The molecule has 0 unspecified atom stereocenters. The van der Waals surface area contributed by atoms with Crippen LogP contribution < -0.4 is 5.32 Å². The number of alkyl halides is 3. The van der Waals surface area contributed by atoms with Crippen molar-refractivity contribution < 1.29 is 31.3 Å². The van der Waals surface area contributed by atoms with Crippen LogP contribution in [0, 0.1) is 18.6 Å². The van der Waals surface area contributed by atoms with Crippen molar-refractivity contribution in [3.63, 3.8) is 0 Å². The highest BCUT2D eigenvalue weighted by Crippen LogP contribution is 2.44. The van der Waals surface area contributed by atoms with Gasteiger partial charge in [-0.05, 0) is 36.8 Å². The van der Waals surface area contributed by atoms with Crippen LogP contribution in [0.1, 0.15) is 18.2 Å². The fraction of sp³-hybridized carbons (Fsp3) is 0.136. The van der Waals surface area contributed by atoms with Crippen LogP contribution in [0.3, 0.4) is 0 Å². The van der Waals surface area contributed by atoms with Crippen LogP contribution in [-0.2, 0) is 11.0 Å². The van der Waals surface area contributed by atoms with Crippen LogP contribution in [0.2, 0.25) is 0 Å². The van der Waals surface area contributed by atoms with Crippen LogP contribution in [0.4, 0.5) is 27.6 Å². The minimum absolute atomic E-state index is 0.0395. The Balaban J connectivity index is 1.99. The number of aryl methyl sites for hydroxylation is 1. The van der Waals surface area contributed by atoms with E-state index in [0.717, 1.165) is 31.3 Å². The Morgan fingerprint density at radius 3 is 2.48 bits per heavy atom. The number of hydrogen-bond acceptors (Lipinski definition) is 4. The predicted octanol–water partition coefficient (Wildman–Crippen LogP) is 5.76. The van der Waals surface area contributed by atoms with Crippen molar-refractivity contribution in [3.05, 3.63) is 71.6 Å². The van der Waals surface area contributed by atoms with Gasteiger partial charge in [-0.1, -0.05) is 23.4 Å². The fourth-order valence-electron chi connectivity index (χ4n) is 3.46. The standard InChI is InChI=1S/C22H15F5N4O2/c1-11-5-3-8-16(24)17(11)18-19(29-12(2)32)20(33-30-18)15-10-28-31(21(15)22(25,26)27)14-7-4-6-13(23)9-14/h3-10H,1-2H3,(H,29,32). The molecule has 2 aromatic carbocycles. The highest BCUT2D eigenvalue weighted by molar-refractivity contribution is 5.98. The molecule has 0 aliphatic heterocycles. The molecule has 170 valence electrons. The number of hydrogen-bond donors (Lipinski definition) is 1. The molecule has 0 saturated heterocycles. The Bertz CT molecular complexity index is 1340. The molecule has 11 heteroatoms. The summed E-state index contributed by atoms with van der Waals surface area (Å²) in [7, 11) is 0. The molecule has 0 bridgehead atoms. The zero-order valence-electron chi connectivity index (χ0n) is 17.2. The summed E-state index contributed by atoms with van der Waals surface area (Å²) in [6.45, 7) is 2.71. The van der Waals surface area contributed by atoms with E-state index in [-0.39, 0.29) is 22.6 Å². The lowest BCUT2D eigenvalue weighted by molar-refractivity contribution is -0.142. The van der Waals surface area contributed by atoms with E-state index in [9.17, 15) is 26.7 Å². The molecule has 4 aromatic rings. The first kappa shape index (κ1) is 22.2. The van der Waals surface area contributed by atoms with Gasteiger partial charge in [0.1, 0.15) is 23.0 Å². The van der Waals surface area contributed by atoms with Gasteiger partial charge < -0.3 is 9.84 Å². The first-order valence-corrected chi connectivity index (χ1v) is 9.52. The number of carbonyl (C=O) groups excluding carboxylic acids is 1. The Hall–Kier alpha value is -4.02. The summed E-state index contributed by atoms with van der Waals surface area (Å²) in [5, 5.41) is 9.91. The molecule has 0 radical (unpaired) electrons. The largest absolute Gasteiger partial charge is 0.434 e. The average molecular weight is 462 g/mol. The summed E-state index contributed by atoms with van der Waals surface area (Å²) >= 11 is 0. The normalized spacial score (nSPS) is 11.6. The van der Waals surface area contributed by atoms with E-state index in [4.69, 9.17) is 4.52 Å². The Labute approximate surface area is 183 Å². The van der Waals surface area contributed by atoms with Gasteiger partial charge in [-0.3, -0.25) is 4.79 Å². The molecule has 6 nitrogen and oxygen atoms in total. The number of halogens is 5. The van der Waals surface area contributed by atoms with Gasteiger partial charge in [0.2, 0.25) is 5.91 Å². The maximum Gasteiger partial charge on any atom is 0.434 e. The molecular weight excluding hydrogens is 447 g/mol. The van der Waals surface area contributed by atoms with E-state index >= 15 is 0 Å². The smallest absolute Gasteiger partial charge is 0.353 e. The van der Waals surface area contributed by atoms with Crippen molar-refractivity contribution in [2.45, 2.75) is 20.0 Å². The summed E-state index contributed by atoms with van der Waals surface area (Å²) in [4.78, 5) is 11.8. The number of anilines is 1. The molecule has 2 heterocycles. The predicted molar refractivity (Wildman–Crippen MR) is 108 cm³/mol. The monoisotopic (exact) mass is 462 g/mol. The fourth-order valence-corrected chi connectivity index (χ4v) is 3.46. The van der Waals surface area contributed by atoms with Crippen LogP contribution in [-0.4, -0.2) is 20.8 Å². The molecule has 4 rings (SSSR count). The maximum atomic E-state index is 14.6. The second-order valence-electron chi connectivity index (χ2n) is 7.14. The lowest BCUT2D eigenvalue weighted by Crippen LogP contribution is -2.15. The highest BCUT2D eigenvalue weighted by atomic mass is 19.4. The zero-order chi connectivity index (χ0) is 23.9. The lowest BCUT2D eigenvalue weighted by Gasteiger charge is -2.13. The van der Waals surface area contributed by atoms with Crippen LogP contribution in [0.15, 0.2) is 53.2 Å². The van der Waals surface area contributed by atoms with Crippen molar-refractivity contribution in [1.29, 1.82) is 0 Å². The third-order valence-electron chi connectivity index (χ3n) is 4.79. The van der Waals surface area contributed by atoms with Crippen LogP contribution >= 0.6 is 0 Å². The second kappa shape index (κ2) is 8.15. The number of benzene rings is 2. The Morgan fingerprint density at radius 2 is 1.85 bits per heavy atom. The minimum Gasteiger partial charge on any atom is -0.353 e. The average Bonchev–Trinajstić information content (AvgIpc) is 3.32. The Morgan fingerprint density at radius 1 is 1.12 bits per heavy atom. The van der Waals surface area contributed by atoms with Crippen molar-refractivity contribution in [2.75, 3.05) is 5.32 Å². The van der Waals surface area contributed by atoms with Gasteiger partial charge in [0.15, 0.2) is 11.5 Å². The highest BCUT2D eigenvalue weighted by Gasteiger charge is 2.41. The molecule has 0 fully saturated rings. The van der Waals surface area contributed by atoms with Gasteiger partial charge in [0, 0.05) is 12.5 Å². The van der Waals surface area contributed by atoms with Crippen molar-refractivity contribution in [1.82, 2.24) is 14.9 Å². The topological polar surface area (TPSA) is 73.0 Å². The zero-order valence-corrected chi connectivity index (χ0v) is 17.2. The summed E-state index contributed by atoms with van der Waals surface area (Å²) in [5.41, 5.74) is -2.08. The van der Waals surface area contributed by atoms with Crippen LogP contribution in [0.25, 0.3) is 28.3 Å². The van der Waals surface area contributed by atoms with E-state index in [0.29, 0.717) is 10.2 Å². The number of rotatable bonds is 4. The van der Waals surface area contributed by atoms with Gasteiger partial charge in [-0.15, -0.1) is 0 Å². The van der Waals surface area contributed by atoms with E-state index < -0.39 is 40.7 Å². The van der Waals surface area contributed by atoms with Gasteiger partial charge >= 0.3 is 6.18 Å². The first-order chi connectivity index (χ1) is 15.6. The minimum atomic E-state index is -4.95. The number of nitrogens with one attached hydrogen (secondary N) is 1. The van der Waals surface area contributed by atoms with E-state index in [1.165, 1.54) is 18.2 Å². The molecule has 1 amide bonds. The maximum absolute atomic E-state index is 14.6. The van der Waals surface area contributed by atoms with Crippen molar-refractivity contribution >= 4 is 11.6 Å². The third kappa shape index (κ3) is 4.09. The van der Waals surface area contributed by atoms with Gasteiger partial charge in [0.05, 0.1) is 17.4 Å². The van der Waals surface area contributed by atoms with E-state index in [2.05, 4.69) is 15.6 Å². The van der Waals surface area contributed by atoms with Crippen molar-refractivity contribution in [2.24, 2.45) is 0 Å². The SMILES string of the molecule is CC(=O)Nc1c(-c2c(C)cccc2F)noc1-c1cnn(-c2cccc(F)c2)c1C(F)(F)F. The second-order valence-corrected chi connectivity index (χ2v) is 7.14. The lowest BCUT2D eigenvalue weighted by atomic mass is 10.0. The number of amides is 1. The van der Waals surface area contributed by atoms with Gasteiger partial charge in [-0.2, -0.15) is 18.3 Å². The molecule has 0 spiro atoms. The van der Waals surface area contributed by atoms with Crippen molar-refractivity contribution in [3.8, 4) is 28.3 Å². The quantitative estimate of drug-likeness (QED) is 0.392. The molecule has 2 aromatic heterocycles. The molecule has 0 aliphatic carbocycles. The molecule has 1 N–H and O–H groups in total. The first-order valence-electron chi connectivity index (χ1n) is 9.52. The molecule has 0 aliphatic rings.